The van der Waals surface area contributed by atoms with Gasteiger partial charge in [-0.2, -0.15) is 13.2 Å². The molecule has 2 heterocycles. The Hall–Kier alpha value is -1.99. The van der Waals surface area contributed by atoms with Crippen molar-refractivity contribution in [1.29, 1.82) is 0 Å². The summed E-state index contributed by atoms with van der Waals surface area (Å²) in [5.74, 6) is 0.258. The Labute approximate surface area is 132 Å². The quantitative estimate of drug-likeness (QED) is 0.904. The minimum atomic E-state index is -4.47. The zero-order valence-electron chi connectivity index (χ0n) is 13.3. The van der Waals surface area contributed by atoms with Gasteiger partial charge in [0.25, 0.3) is 0 Å². The Bertz CT molecular complexity index is 570. The van der Waals surface area contributed by atoms with Crippen molar-refractivity contribution in [1.82, 2.24) is 10.3 Å². The highest BCUT2D eigenvalue weighted by Crippen LogP contribution is 2.29. The molecule has 0 aliphatic carbocycles. The first-order chi connectivity index (χ1) is 10.5. The Morgan fingerprint density at radius 1 is 1.35 bits per heavy atom. The normalized spacial score (nSPS) is 18.9. The second-order valence-corrected chi connectivity index (χ2v) is 6.46. The SMILES string of the molecule is CC(C)(C)OC(=O)N[C@@H]1CCN(c2cccc(C(F)(F)F)n2)C1. The van der Waals surface area contributed by atoms with Crippen LogP contribution in [0, 0.1) is 0 Å². The predicted octanol–water partition coefficient (Wildman–Crippen LogP) is 3.20. The maximum Gasteiger partial charge on any atom is 0.433 e. The summed E-state index contributed by atoms with van der Waals surface area (Å²) in [5.41, 5.74) is -1.51. The molecular formula is C15H20F3N3O2. The van der Waals surface area contributed by atoms with Gasteiger partial charge in [-0.25, -0.2) is 9.78 Å². The van der Waals surface area contributed by atoms with Crippen LogP contribution in [0.15, 0.2) is 18.2 Å². The molecule has 1 fully saturated rings. The molecule has 23 heavy (non-hydrogen) atoms. The van der Waals surface area contributed by atoms with Gasteiger partial charge >= 0.3 is 12.3 Å². The molecule has 1 aromatic heterocycles. The first-order valence-electron chi connectivity index (χ1n) is 7.33. The average molecular weight is 331 g/mol. The molecule has 1 N–H and O–H groups in total. The Balaban J connectivity index is 1.97. The van der Waals surface area contributed by atoms with E-state index in [1.165, 1.54) is 12.1 Å². The number of aromatic nitrogens is 1. The van der Waals surface area contributed by atoms with Crippen molar-refractivity contribution >= 4 is 11.9 Å². The number of anilines is 1. The van der Waals surface area contributed by atoms with Crippen LogP contribution in [0.1, 0.15) is 32.9 Å². The second-order valence-electron chi connectivity index (χ2n) is 6.46. The smallest absolute Gasteiger partial charge is 0.433 e. The van der Waals surface area contributed by atoms with Gasteiger partial charge < -0.3 is 15.0 Å². The number of hydrogen-bond acceptors (Lipinski definition) is 4. The van der Waals surface area contributed by atoms with Crippen molar-refractivity contribution in [3.05, 3.63) is 23.9 Å². The Morgan fingerprint density at radius 2 is 2.04 bits per heavy atom. The third kappa shape index (κ3) is 5.01. The highest BCUT2D eigenvalue weighted by molar-refractivity contribution is 5.68. The van der Waals surface area contributed by atoms with Gasteiger partial charge in [-0.1, -0.05) is 6.07 Å². The number of nitrogens with one attached hydrogen (secondary N) is 1. The van der Waals surface area contributed by atoms with Crippen molar-refractivity contribution in [2.75, 3.05) is 18.0 Å². The maximum atomic E-state index is 12.7. The van der Waals surface area contributed by atoms with Crippen LogP contribution in [0.3, 0.4) is 0 Å². The molecule has 1 aromatic rings. The van der Waals surface area contributed by atoms with Crippen molar-refractivity contribution in [3.63, 3.8) is 0 Å². The second kappa shape index (κ2) is 6.25. The molecular weight excluding hydrogens is 311 g/mol. The zero-order chi connectivity index (χ0) is 17.3. The van der Waals surface area contributed by atoms with Gasteiger partial charge in [0.1, 0.15) is 17.1 Å². The van der Waals surface area contributed by atoms with Crippen molar-refractivity contribution < 1.29 is 22.7 Å². The minimum Gasteiger partial charge on any atom is -0.444 e. The molecule has 1 amide bonds. The summed E-state index contributed by atoms with van der Waals surface area (Å²) in [6.45, 7) is 6.21. The summed E-state index contributed by atoms with van der Waals surface area (Å²) in [6, 6.07) is 3.63. The average Bonchev–Trinajstić information content (AvgIpc) is 2.84. The number of carbonyl (C=O) groups excluding carboxylic acids is 1. The standard InChI is InChI=1S/C15H20F3N3O2/c1-14(2,3)23-13(22)19-10-7-8-21(9-10)12-6-4-5-11(20-12)15(16,17)18/h4-6,10H,7-9H2,1-3H3,(H,19,22)/t10-/m1/s1. The van der Waals surface area contributed by atoms with Crippen LogP contribution in [-0.4, -0.2) is 35.8 Å². The molecule has 8 heteroatoms. The van der Waals surface area contributed by atoms with E-state index in [0.29, 0.717) is 19.5 Å². The van der Waals surface area contributed by atoms with E-state index >= 15 is 0 Å². The number of carbonyl (C=O) groups is 1. The number of amides is 1. The largest absolute Gasteiger partial charge is 0.444 e. The van der Waals surface area contributed by atoms with Gasteiger partial charge in [0, 0.05) is 13.1 Å². The zero-order valence-corrected chi connectivity index (χ0v) is 13.3. The fourth-order valence-electron chi connectivity index (χ4n) is 2.32. The number of rotatable bonds is 2. The molecule has 1 saturated heterocycles. The molecule has 0 saturated carbocycles. The number of pyridine rings is 1. The van der Waals surface area contributed by atoms with E-state index in [0.717, 1.165) is 6.07 Å². The lowest BCUT2D eigenvalue weighted by Gasteiger charge is -2.22. The first kappa shape index (κ1) is 17.4. The van der Waals surface area contributed by atoms with E-state index in [2.05, 4.69) is 10.3 Å². The molecule has 0 unspecified atom stereocenters. The van der Waals surface area contributed by atoms with Crippen LogP contribution in [0.4, 0.5) is 23.8 Å². The Morgan fingerprint density at radius 3 is 2.65 bits per heavy atom. The molecule has 0 radical (unpaired) electrons. The summed E-state index contributed by atoms with van der Waals surface area (Å²) in [7, 11) is 0. The fourth-order valence-corrected chi connectivity index (χ4v) is 2.32. The van der Waals surface area contributed by atoms with Crippen molar-refractivity contribution in [2.24, 2.45) is 0 Å². The lowest BCUT2D eigenvalue weighted by Crippen LogP contribution is -2.40. The van der Waals surface area contributed by atoms with Gasteiger partial charge in [-0.3, -0.25) is 0 Å². The molecule has 5 nitrogen and oxygen atoms in total. The molecule has 1 aliphatic heterocycles. The predicted molar refractivity (Wildman–Crippen MR) is 79.2 cm³/mol. The van der Waals surface area contributed by atoms with Crippen molar-refractivity contribution in [2.45, 2.75) is 45.0 Å². The highest BCUT2D eigenvalue weighted by atomic mass is 19.4. The number of alkyl halides is 3. The van der Waals surface area contributed by atoms with E-state index in [4.69, 9.17) is 4.74 Å². The number of alkyl carbamates (subject to hydrolysis) is 1. The van der Waals surface area contributed by atoms with Gasteiger partial charge in [0.15, 0.2) is 0 Å². The van der Waals surface area contributed by atoms with Gasteiger partial charge in [0.2, 0.25) is 0 Å². The first-order valence-corrected chi connectivity index (χ1v) is 7.33. The monoisotopic (exact) mass is 331 g/mol. The fraction of sp³-hybridized carbons (Fsp3) is 0.600. The van der Waals surface area contributed by atoms with Gasteiger partial charge in [-0.15, -0.1) is 0 Å². The van der Waals surface area contributed by atoms with E-state index < -0.39 is 23.6 Å². The van der Waals surface area contributed by atoms with Gasteiger partial charge in [-0.05, 0) is 39.3 Å². The van der Waals surface area contributed by atoms with Crippen LogP contribution in [-0.2, 0) is 10.9 Å². The van der Waals surface area contributed by atoms with Gasteiger partial charge in [0.05, 0.1) is 6.04 Å². The Kier molecular flexibility index (Phi) is 4.72. The molecule has 1 aliphatic rings. The summed E-state index contributed by atoms with van der Waals surface area (Å²) < 4.78 is 43.3. The summed E-state index contributed by atoms with van der Waals surface area (Å²) >= 11 is 0. The lowest BCUT2D eigenvalue weighted by molar-refractivity contribution is -0.141. The van der Waals surface area contributed by atoms with E-state index in [1.54, 1.807) is 25.7 Å². The lowest BCUT2D eigenvalue weighted by atomic mass is 10.2. The highest BCUT2D eigenvalue weighted by Gasteiger charge is 2.33. The minimum absolute atomic E-state index is 0.179. The molecule has 2 rings (SSSR count). The molecule has 0 bridgehead atoms. The number of hydrogen-bond donors (Lipinski definition) is 1. The third-order valence-electron chi connectivity index (χ3n) is 3.26. The van der Waals surface area contributed by atoms with Crippen LogP contribution >= 0.6 is 0 Å². The van der Waals surface area contributed by atoms with Crippen LogP contribution < -0.4 is 10.2 Å². The summed E-state index contributed by atoms with van der Waals surface area (Å²) in [4.78, 5) is 17.1. The molecule has 0 spiro atoms. The molecule has 128 valence electrons. The summed E-state index contributed by atoms with van der Waals surface area (Å²) in [5, 5.41) is 2.73. The van der Waals surface area contributed by atoms with Crippen LogP contribution in [0.2, 0.25) is 0 Å². The third-order valence-corrected chi connectivity index (χ3v) is 3.26. The number of halogens is 3. The van der Waals surface area contributed by atoms with Crippen LogP contribution in [0.5, 0.6) is 0 Å². The molecule has 1 atom stereocenters. The van der Waals surface area contributed by atoms with E-state index in [9.17, 15) is 18.0 Å². The van der Waals surface area contributed by atoms with Crippen LogP contribution in [0.25, 0.3) is 0 Å². The molecule has 0 aromatic carbocycles. The summed E-state index contributed by atoms with van der Waals surface area (Å²) in [6.07, 6.45) is -4.37. The van der Waals surface area contributed by atoms with Crippen molar-refractivity contribution in [3.8, 4) is 0 Å². The topological polar surface area (TPSA) is 54.5 Å². The van der Waals surface area contributed by atoms with E-state index in [1.807, 2.05) is 0 Å². The maximum absolute atomic E-state index is 12.7. The van der Waals surface area contributed by atoms with E-state index in [-0.39, 0.29) is 11.9 Å². The number of nitrogens with zero attached hydrogens (tertiary/aromatic N) is 2. The number of ether oxygens (including phenoxy) is 1.